The highest BCUT2D eigenvalue weighted by atomic mass is 16.6. The molecule has 2 rings (SSSR count). The van der Waals surface area contributed by atoms with Gasteiger partial charge in [-0.3, -0.25) is 14.9 Å². The number of benzene rings is 1. The molecule has 3 N–H and O–H groups in total. The molecule has 1 amide bonds. The molecule has 28 heavy (non-hydrogen) atoms. The summed E-state index contributed by atoms with van der Waals surface area (Å²) >= 11 is 0. The van der Waals surface area contributed by atoms with Gasteiger partial charge in [-0.25, -0.2) is 4.79 Å². The summed E-state index contributed by atoms with van der Waals surface area (Å²) in [7, 11) is 0. The van der Waals surface area contributed by atoms with E-state index in [4.69, 9.17) is 4.74 Å². The molecule has 9 nitrogen and oxygen atoms in total. The van der Waals surface area contributed by atoms with E-state index < -0.39 is 29.5 Å². The van der Waals surface area contributed by atoms with Crippen LogP contribution >= 0.6 is 0 Å². The fraction of sp³-hybridized carbons (Fsp3) is 0.368. The number of nitro groups is 1. The van der Waals surface area contributed by atoms with Crippen molar-refractivity contribution in [3.63, 3.8) is 0 Å². The molecule has 2 aromatic rings. The minimum Gasteiger partial charge on any atom is -0.451 e. The van der Waals surface area contributed by atoms with Crippen molar-refractivity contribution < 1.29 is 24.4 Å². The molecule has 0 radical (unpaired) electrons. The normalized spacial score (nSPS) is 11.8. The number of nitrogens with zero attached hydrogens (tertiary/aromatic N) is 1. The number of hydrogen-bond donors (Lipinski definition) is 3. The van der Waals surface area contributed by atoms with E-state index in [-0.39, 0.29) is 17.1 Å². The van der Waals surface area contributed by atoms with Crippen molar-refractivity contribution in [2.75, 3.05) is 11.9 Å². The summed E-state index contributed by atoms with van der Waals surface area (Å²) in [6.07, 6.45) is -0.758. The summed E-state index contributed by atoms with van der Waals surface area (Å²) in [5.74, 6) is -1.45. The topological polar surface area (TPSA) is 135 Å². The molecule has 9 heteroatoms. The van der Waals surface area contributed by atoms with Crippen LogP contribution in [0.1, 0.15) is 51.5 Å². The SMILES string of the molecule is Cc1cc(NC(=O)COC(=O)c2[nH]c(C)c([C@H](C)O)c2C)c([N+](=O)[O-])cc1C. The lowest BCUT2D eigenvalue weighted by atomic mass is 10.1. The van der Waals surface area contributed by atoms with Gasteiger partial charge in [-0.15, -0.1) is 0 Å². The molecule has 0 saturated carbocycles. The number of aliphatic hydroxyl groups excluding tert-OH is 1. The number of nitro benzene ring substituents is 1. The van der Waals surface area contributed by atoms with Crippen LogP contribution < -0.4 is 5.32 Å². The molecular formula is C19H23N3O6. The van der Waals surface area contributed by atoms with E-state index in [1.807, 2.05) is 0 Å². The summed E-state index contributed by atoms with van der Waals surface area (Å²) < 4.78 is 5.01. The van der Waals surface area contributed by atoms with Crippen LogP contribution in [0.25, 0.3) is 0 Å². The molecule has 1 aromatic heterocycles. The second-order valence-electron chi connectivity index (χ2n) is 6.67. The largest absolute Gasteiger partial charge is 0.451 e. The molecule has 150 valence electrons. The van der Waals surface area contributed by atoms with Crippen molar-refractivity contribution >= 4 is 23.3 Å². The second-order valence-corrected chi connectivity index (χ2v) is 6.67. The molecule has 1 heterocycles. The maximum absolute atomic E-state index is 12.3. The fourth-order valence-electron chi connectivity index (χ4n) is 3.04. The lowest BCUT2D eigenvalue weighted by Crippen LogP contribution is -2.22. The monoisotopic (exact) mass is 389 g/mol. The van der Waals surface area contributed by atoms with Gasteiger partial charge in [-0.1, -0.05) is 0 Å². The quantitative estimate of drug-likeness (QED) is 0.395. The van der Waals surface area contributed by atoms with E-state index >= 15 is 0 Å². The summed E-state index contributed by atoms with van der Waals surface area (Å²) in [6.45, 7) is 7.87. The lowest BCUT2D eigenvalue weighted by Gasteiger charge is -2.09. The standard InChI is InChI=1S/C19H23N3O6/c1-9-6-14(15(22(26)27)7-10(9)2)21-16(24)8-28-19(25)18-11(3)17(13(5)23)12(4)20-18/h6-7,13,20,23H,8H2,1-5H3,(H,21,24)/t13-/m0/s1. The van der Waals surface area contributed by atoms with Crippen LogP contribution in [0.2, 0.25) is 0 Å². The van der Waals surface area contributed by atoms with Gasteiger partial charge in [-0.2, -0.15) is 0 Å². The van der Waals surface area contributed by atoms with Crippen molar-refractivity contribution in [1.29, 1.82) is 0 Å². The Morgan fingerprint density at radius 2 is 1.86 bits per heavy atom. The van der Waals surface area contributed by atoms with E-state index in [1.54, 1.807) is 34.6 Å². The van der Waals surface area contributed by atoms with Crippen molar-refractivity contribution in [2.24, 2.45) is 0 Å². The lowest BCUT2D eigenvalue weighted by molar-refractivity contribution is -0.384. The minimum atomic E-state index is -0.758. The third-order valence-electron chi connectivity index (χ3n) is 4.53. The number of nitrogens with one attached hydrogen (secondary N) is 2. The number of aliphatic hydroxyl groups is 1. The number of esters is 1. The Balaban J connectivity index is 2.10. The van der Waals surface area contributed by atoms with Crippen molar-refractivity contribution in [3.8, 4) is 0 Å². The highest BCUT2D eigenvalue weighted by molar-refractivity contribution is 5.97. The highest BCUT2D eigenvalue weighted by Gasteiger charge is 2.22. The molecule has 1 atom stereocenters. The zero-order valence-corrected chi connectivity index (χ0v) is 16.4. The van der Waals surface area contributed by atoms with E-state index in [9.17, 15) is 24.8 Å². The molecule has 0 aliphatic rings. The van der Waals surface area contributed by atoms with E-state index in [0.29, 0.717) is 16.8 Å². The Bertz CT molecular complexity index is 946. The molecule has 0 aliphatic heterocycles. The predicted molar refractivity (Wildman–Crippen MR) is 102 cm³/mol. The predicted octanol–water partition coefficient (Wildman–Crippen LogP) is 3.01. The number of carbonyl (C=O) groups excluding carboxylic acids is 2. The molecular weight excluding hydrogens is 366 g/mol. The van der Waals surface area contributed by atoms with Gasteiger partial charge in [0.05, 0.1) is 11.0 Å². The molecule has 0 saturated heterocycles. The number of hydrogen-bond acceptors (Lipinski definition) is 6. The average Bonchev–Trinajstić information content (AvgIpc) is 2.90. The Labute approximate surface area is 161 Å². The number of amides is 1. The third kappa shape index (κ3) is 4.37. The zero-order valence-electron chi connectivity index (χ0n) is 16.4. The summed E-state index contributed by atoms with van der Waals surface area (Å²) in [5, 5.41) is 23.4. The van der Waals surface area contributed by atoms with Crippen LogP contribution in [-0.4, -0.2) is 33.5 Å². The maximum Gasteiger partial charge on any atom is 0.355 e. The van der Waals surface area contributed by atoms with Crippen LogP contribution in [0, 0.1) is 37.8 Å². The second kappa shape index (κ2) is 8.22. The third-order valence-corrected chi connectivity index (χ3v) is 4.53. The van der Waals surface area contributed by atoms with Gasteiger partial charge in [-0.05, 0) is 57.4 Å². The highest BCUT2D eigenvalue weighted by Crippen LogP contribution is 2.28. The van der Waals surface area contributed by atoms with Gasteiger partial charge < -0.3 is 20.1 Å². The van der Waals surface area contributed by atoms with Gasteiger partial charge >= 0.3 is 5.97 Å². The average molecular weight is 389 g/mol. The molecule has 0 spiro atoms. The maximum atomic E-state index is 12.3. The first-order valence-corrected chi connectivity index (χ1v) is 8.62. The van der Waals surface area contributed by atoms with Gasteiger partial charge in [0.15, 0.2) is 6.61 Å². The number of anilines is 1. The van der Waals surface area contributed by atoms with Crippen molar-refractivity contribution in [1.82, 2.24) is 4.98 Å². The fourth-order valence-corrected chi connectivity index (χ4v) is 3.04. The number of aryl methyl sites for hydroxylation is 3. The molecule has 0 bridgehead atoms. The Morgan fingerprint density at radius 1 is 1.25 bits per heavy atom. The molecule has 0 fully saturated rings. The summed E-state index contributed by atoms with van der Waals surface area (Å²) in [4.78, 5) is 37.8. The van der Waals surface area contributed by atoms with Gasteiger partial charge in [0.1, 0.15) is 11.4 Å². The number of rotatable bonds is 6. The molecule has 1 aromatic carbocycles. The number of ether oxygens (including phenoxy) is 1. The van der Waals surface area contributed by atoms with Gasteiger partial charge in [0.25, 0.3) is 11.6 Å². The van der Waals surface area contributed by atoms with E-state index in [0.717, 1.165) is 11.1 Å². The Morgan fingerprint density at radius 3 is 2.39 bits per heavy atom. The van der Waals surface area contributed by atoms with Crippen LogP contribution in [-0.2, 0) is 9.53 Å². The van der Waals surface area contributed by atoms with Crippen molar-refractivity contribution in [3.05, 3.63) is 55.9 Å². The first-order chi connectivity index (χ1) is 13.0. The molecule has 0 aliphatic carbocycles. The number of aromatic amines is 1. The van der Waals surface area contributed by atoms with Crippen LogP contribution in [0.15, 0.2) is 12.1 Å². The van der Waals surface area contributed by atoms with Crippen LogP contribution in [0.5, 0.6) is 0 Å². The number of aromatic nitrogens is 1. The summed E-state index contributed by atoms with van der Waals surface area (Å²) in [5.41, 5.74) is 3.24. The van der Waals surface area contributed by atoms with E-state index in [2.05, 4.69) is 10.3 Å². The zero-order chi connectivity index (χ0) is 21.2. The van der Waals surface area contributed by atoms with Gasteiger partial charge in [0.2, 0.25) is 0 Å². The Hall–Kier alpha value is -3.20. The van der Waals surface area contributed by atoms with Crippen LogP contribution in [0.4, 0.5) is 11.4 Å². The minimum absolute atomic E-state index is 0.0393. The Kier molecular flexibility index (Phi) is 6.19. The summed E-state index contributed by atoms with van der Waals surface area (Å²) in [6, 6.07) is 2.88. The first kappa shape index (κ1) is 21.1. The van der Waals surface area contributed by atoms with Crippen LogP contribution in [0.3, 0.4) is 0 Å². The first-order valence-electron chi connectivity index (χ1n) is 8.62. The van der Waals surface area contributed by atoms with Gasteiger partial charge in [0, 0.05) is 17.3 Å². The molecule has 0 unspecified atom stereocenters. The smallest absolute Gasteiger partial charge is 0.355 e. The van der Waals surface area contributed by atoms with E-state index in [1.165, 1.54) is 12.1 Å². The number of carbonyl (C=O) groups is 2. The number of H-pyrrole nitrogens is 1. The van der Waals surface area contributed by atoms with Crippen molar-refractivity contribution in [2.45, 2.75) is 40.7 Å².